The lowest BCUT2D eigenvalue weighted by Crippen LogP contribution is -2.43. The molecule has 0 aliphatic rings. The van der Waals surface area contributed by atoms with Crippen molar-refractivity contribution in [2.45, 2.75) is 41.2 Å². The predicted molar refractivity (Wildman–Crippen MR) is 105 cm³/mol. The highest BCUT2D eigenvalue weighted by atomic mass is 16.5. The van der Waals surface area contributed by atoms with Crippen molar-refractivity contribution in [3.05, 3.63) is 41.2 Å². The van der Waals surface area contributed by atoms with E-state index in [2.05, 4.69) is 29.8 Å². The Labute approximate surface area is 165 Å². The summed E-state index contributed by atoms with van der Waals surface area (Å²) in [5.41, 5.74) is 6.87. The first kappa shape index (κ1) is 21.3. The molecule has 1 heterocycles. The fourth-order valence-electron chi connectivity index (χ4n) is 2.50. The molecule has 2 N–H and O–H groups in total. The van der Waals surface area contributed by atoms with Crippen LogP contribution in [0.1, 0.15) is 42.5 Å². The summed E-state index contributed by atoms with van der Waals surface area (Å²) in [6, 6.07) is 6.80. The topological polar surface area (TPSA) is 94.5 Å². The van der Waals surface area contributed by atoms with Gasteiger partial charge < -0.3 is 9.47 Å². The number of carbonyl (C=O) groups is 2. The average Bonchev–Trinajstić information content (AvgIpc) is 2.95. The lowest BCUT2D eigenvalue weighted by atomic mass is 10.2. The summed E-state index contributed by atoms with van der Waals surface area (Å²) < 4.78 is 12.9. The second-order valence-electron chi connectivity index (χ2n) is 6.89. The Morgan fingerprint density at radius 2 is 1.86 bits per heavy atom. The summed E-state index contributed by atoms with van der Waals surface area (Å²) in [5.74, 6) is 0.625. The molecule has 8 nitrogen and oxygen atoms in total. The standard InChI is InChI=1S/C20H28N4O4/c1-6-27-18-10-16(7-8-17(18)28-12-13(2)3)20(26)22-21-19(25)11-24-15(5)9-14(4)23-24/h7-10,13H,6,11-12H2,1-5H3,(H,21,25)(H,22,26). The fourth-order valence-corrected chi connectivity index (χ4v) is 2.50. The molecule has 0 aliphatic carbocycles. The number of amides is 2. The molecule has 0 radical (unpaired) electrons. The monoisotopic (exact) mass is 388 g/mol. The first-order valence-corrected chi connectivity index (χ1v) is 9.30. The van der Waals surface area contributed by atoms with E-state index in [4.69, 9.17) is 9.47 Å². The van der Waals surface area contributed by atoms with Crippen LogP contribution in [-0.4, -0.2) is 34.8 Å². The summed E-state index contributed by atoms with van der Waals surface area (Å²) in [6.45, 7) is 10.7. The van der Waals surface area contributed by atoms with Gasteiger partial charge in [-0.25, -0.2) is 0 Å². The Bertz CT molecular complexity index is 830. The Kier molecular flexibility index (Phi) is 7.43. The van der Waals surface area contributed by atoms with Crippen LogP contribution in [0, 0.1) is 19.8 Å². The summed E-state index contributed by atoms with van der Waals surface area (Å²) in [6.07, 6.45) is 0. The van der Waals surface area contributed by atoms with Crippen LogP contribution in [0.15, 0.2) is 24.3 Å². The van der Waals surface area contributed by atoms with E-state index in [0.717, 1.165) is 11.4 Å². The number of hydrazine groups is 1. The number of benzene rings is 1. The molecule has 0 unspecified atom stereocenters. The second kappa shape index (κ2) is 9.77. The van der Waals surface area contributed by atoms with Gasteiger partial charge in [0.1, 0.15) is 6.54 Å². The number of aromatic nitrogens is 2. The summed E-state index contributed by atoms with van der Waals surface area (Å²) in [7, 11) is 0. The van der Waals surface area contributed by atoms with E-state index in [0.29, 0.717) is 36.2 Å². The quantitative estimate of drug-likeness (QED) is 0.677. The van der Waals surface area contributed by atoms with Crippen molar-refractivity contribution < 1.29 is 19.1 Å². The third-order valence-electron chi connectivity index (χ3n) is 3.79. The van der Waals surface area contributed by atoms with Crippen molar-refractivity contribution in [1.29, 1.82) is 0 Å². The zero-order valence-corrected chi connectivity index (χ0v) is 17.0. The first-order valence-electron chi connectivity index (χ1n) is 9.30. The lowest BCUT2D eigenvalue weighted by Gasteiger charge is -2.15. The Balaban J connectivity index is 1.97. The van der Waals surface area contributed by atoms with Gasteiger partial charge in [-0.1, -0.05) is 13.8 Å². The highest BCUT2D eigenvalue weighted by Crippen LogP contribution is 2.29. The fraction of sp³-hybridized carbons (Fsp3) is 0.450. The Morgan fingerprint density at radius 3 is 2.46 bits per heavy atom. The second-order valence-corrected chi connectivity index (χ2v) is 6.89. The van der Waals surface area contributed by atoms with Crippen molar-refractivity contribution >= 4 is 11.8 Å². The maximum Gasteiger partial charge on any atom is 0.269 e. The molecule has 2 rings (SSSR count). The van der Waals surface area contributed by atoms with Crippen LogP contribution in [-0.2, 0) is 11.3 Å². The van der Waals surface area contributed by atoms with Crippen LogP contribution >= 0.6 is 0 Å². The zero-order valence-electron chi connectivity index (χ0n) is 17.0. The van der Waals surface area contributed by atoms with Gasteiger partial charge in [0.2, 0.25) is 0 Å². The first-order chi connectivity index (χ1) is 13.3. The third kappa shape index (κ3) is 6.00. The van der Waals surface area contributed by atoms with Crippen molar-refractivity contribution in [3.8, 4) is 11.5 Å². The Hall–Kier alpha value is -3.03. The van der Waals surface area contributed by atoms with Crippen molar-refractivity contribution in [3.63, 3.8) is 0 Å². The van der Waals surface area contributed by atoms with Gasteiger partial charge >= 0.3 is 0 Å². The highest BCUT2D eigenvalue weighted by Gasteiger charge is 2.14. The predicted octanol–water partition coefficient (Wildman–Crippen LogP) is 2.39. The number of carbonyl (C=O) groups excluding carboxylic acids is 2. The molecule has 0 spiro atoms. The maximum absolute atomic E-state index is 12.4. The van der Waals surface area contributed by atoms with E-state index in [-0.39, 0.29) is 12.5 Å². The molecule has 152 valence electrons. The minimum Gasteiger partial charge on any atom is -0.490 e. The van der Waals surface area contributed by atoms with Crippen LogP contribution in [0.4, 0.5) is 0 Å². The molecule has 0 saturated heterocycles. The van der Waals surface area contributed by atoms with E-state index in [1.54, 1.807) is 22.9 Å². The maximum atomic E-state index is 12.4. The number of ether oxygens (including phenoxy) is 2. The lowest BCUT2D eigenvalue weighted by molar-refractivity contribution is -0.122. The van der Waals surface area contributed by atoms with Gasteiger partial charge in [-0.15, -0.1) is 0 Å². The molecular formula is C20H28N4O4. The number of hydrogen-bond donors (Lipinski definition) is 2. The summed E-state index contributed by atoms with van der Waals surface area (Å²) >= 11 is 0. The molecule has 28 heavy (non-hydrogen) atoms. The van der Waals surface area contributed by atoms with E-state index in [1.165, 1.54) is 0 Å². The smallest absolute Gasteiger partial charge is 0.269 e. The average molecular weight is 388 g/mol. The van der Waals surface area contributed by atoms with Gasteiger partial charge in [-0.05, 0) is 51.0 Å². The molecule has 1 aromatic heterocycles. The Morgan fingerprint density at radius 1 is 1.11 bits per heavy atom. The SMILES string of the molecule is CCOc1cc(C(=O)NNC(=O)Cn2nc(C)cc2C)ccc1OCC(C)C. The van der Waals surface area contributed by atoms with Crippen LogP contribution in [0.3, 0.4) is 0 Å². The minimum atomic E-state index is -0.446. The van der Waals surface area contributed by atoms with Gasteiger partial charge in [0.05, 0.1) is 18.9 Å². The van der Waals surface area contributed by atoms with E-state index in [1.807, 2.05) is 26.8 Å². The van der Waals surface area contributed by atoms with Crippen LogP contribution in [0.2, 0.25) is 0 Å². The van der Waals surface area contributed by atoms with Crippen molar-refractivity contribution in [2.24, 2.45) is 5.92 Å². The van der Waals surface area contributed by atoms with Gasteiger partial charge in [0, 0.05) is 11.3 Å². The molecule has 1 aromatic carbocycles. The van der Waals surface area contributed by atoms with E-state index >= 15 is 0 Å². The van der Waals surface area contributed by atoms with Gasteiger partial charge in [-0.3, -0.25) is 25.1 Å². The summed E-state index contributed by atoms with van der Waals surface area (Å²) in [4.78, 5) is 24.4. The van der Waals surface area contributed by atoms with E-state index in [9.17, 15) is 9.59 Å². The van der Waals surface area contributed by atoms with Gasteiger partial charge in [0.15, 0.2) is 11.5 Å². The minimum absolute atomic E-state index is 0.0200. The third-order valence-corrected chi connectivity index (χ3v) is 3.79. The van der Waals surface area contributed by atoms with Gasteiger partial charge in [0.25, 0.3) is 11.8 Å². The number of aryl methyl sites for hydroxylation is 2. The van der Waals surface area contributed by atoms with E-state index < -0.39 is 5.91 Å². The molecule has 0 saturated carbocycles. The normalized spacial score (nSPS) is 10.6. The van der Waals surface area contributed by atoms with Gasteiger partial charge in [-0.2, -0.15) is 5.10 Å². The molecule has 0 aliphatic heterocycles. The number of nitrogens with zero attached hydrogens (tertiary/aromatic N) is 2. The highest BCUT2D eigenvalue weighted by molar-refractivity contribution is 5.96. The van der Waals surface area contributed by atoms with Crippen LogP contribution in [0.25, 0.3) is 0 Å². The van der Waals surface area contributed by atoms with Crippen LogP contribution in [0.5, 0.6) is 11.5 Å². The molecule has 2 aromatic rings. The number of hydrogen-bond acceptors (Lipinski definition) is 5. The molecular weight excluding hydrogens is 360 g/mol. The summed E-state index contributed by atoms with van der Waals surface area (Å²) in [5, 5.41) is 4.22. The number of nitrogens with one attached hydrogen (secondary N) is 2. The largest absolute Gasteiger partial charge is 0.490 e. The number of rotatable bonds is 8. The molecule has 0 atom stereocenters. The van der Waals surface area contributed by atoms with Crippen molar-refractivity contribution in [1.82, 2.24) is 20.6 Å². The molecule has 0 fully saturated rings. The zero-order chi connectivity index (χ0) is 20.7. The molecule has 2 amide bonds. The van der Waals surface area contributed by atoms with Crippen LogP contribution < -0.4 is 20.3 Å². The van der Waals surface area contributed by atoms with Crippen molar-refractivity contribution in [2.75, 3.05) is 13.2 Å². The molecule has 0 bridgehead atoms. The molecule has 8 heteroatoms.